The maximum absolute atomic E-state index is 6.13. The van der Waals surface area contributed by atoms with Gasteiger partial charge < -0.3 is 4.74 Å². The summed E-state index contributed by atoms with van der Waals surface area (Å²) in [5.41, 5.74) is 8.09. The summed E-state index contributed by atoms with van der Waals surface area (Å²) in [4.78, 5) is 5.24. The van der Waals surface area contributed by atoms with Gasteiger partial charge in [0, 0.05) is 27.4 Å². The Morgan fingerprint density at radius 1 is 1.06 bits per heavy atom. The third-order valence-electron chi connectivity index (χ3n) is 7.57. The van der Waals surface area contributed by atoms with Crippen LogP contribution in [-0.4, -0.2) is 21.7 Å². The van der Waals surface area contributed by atoms with Crippen LogP contribution in [0.5, 0.6) is 5.75 Å². The molecule has 170 valence electrons. The second-order valence-corrected chi connectivity index (χ2v) is 10.1. The molecule has 1 aliphatic carbocycles. The minimum atomic E-state index is 0.294. The fourth-order valence-electron chi connectivity index (χ4n) is 4.99. The van der Waals surface area contributed by atoms with E-state index < -0.39 is 0 Å². The topological polar surface area (TPSA) is 39.4 Å². The molecule has 4 aromatic rings. The van der Waals surface area contributed by atoms with E-state index in [2.05, 4.69) is 37.4 Å². The van der Waals surface area contributed by atoms with Gasteiger partial charge in [0.15, 0.2) is 5.65 Å². The van der Waals surface area contributed by atoms with Crippen LogP contribution < -0.4 is 4.74 Å². The zero-order valence-corrected chi connectivity index (χ0v) is 20.5. The molecule has 0 fully saturated rings. The summed E-state index contributed by atoms with van der Waals surface area (Å²) in [7, 11) is 1.70. The number of aromatic nitrogens is 3. The molecule has 0 aliphatic heterocycles. The largest absolute Gasteiger partial charge is 0.497 e. The summed E-state index contributed by atoms with van der Waals surface area (Å²) in [6, 6.07) is 16.2. The molecular formula is C28H30ClN3O. The van der Waals surface area contributed by atoms with E-state index in [0.29, 0.717) is 11.3 Å². The summed E-state index contributed by atoms with van der Waals surface area (Å²) >= 11 is 6.13. The van der Waals surface area contributed by atoms with E-state index in [0.717, 1.165) is 51.6 Å². The molecule has 2 aromatic heterocycles. The standard InChI is InChI=1S/C28H30ClN3O/c1-5-28(2,3)20-10-15-25-23(16-20)26(19-8-13-22(33-4)14-9-19)31-27-24(17-30-32(25)27)18-6-11-21(29)12-7-18/h6-9,11-14,17,20H,5,10,15-16H2,1-4H3. The maximum Gasteiger partial charge on any atom is 0.163 e. The Bertz CT molecular complexity index is 1290. The van der Waals surface area contributed by atoms with Crippen LogP contribution in [0.2, 0.25) is 5.02 Å². The van der Waals surface area contributed by atoms with Crippen molar-refractivity contribution in [2.45, 2.75) is 46.5 Å². The van der Waals surface area contributed by atoms with Crippen LogP contribution in [0.3, 0.4) is 0 Å². The highest BCUT2D eigenvalue weighted by Crippen LogP contribution is 2.43. The number of ether oxygens (including phenoxy) is 1. The van der Waals surface area contributed by atoms with Gasteiger partial charge in [0.25, 0.3) is 0 Å². The molecule has 0 radical (unpaired) electrons. The number of nitrogens with zero attached hydrogens (tertiary/aromatic N) is 3. The fraction of sp³-hybridized carbons (Fsp3) is 0.357. The predicted octanol–water partition coefficient (Wildman–Crippen LogP) is 7.27. The molecule has 5 heteroatoms. The lowest BCUT2D eigenvalue weighted by atomic mass is 9.68. The lowest BCUT2D eigenvalue weighted by Crippen LogP contribution is -2.30. The number of benzene rings is 2. The number of fused-ring (bicyclic) bond motifs is 3. The number of aryl methyl sites for hydroxylation is 1. The van der Waals surface area contributed by atoms with E-state index in [4.69, 9.17) is 26.4 Å². The predicted molar refractivity (Wildman–Crippen MR) is 135 cm³/mol. The Morgan fingerprint density at radius 2 is 1.76 bits per heavy atom. The van der Waals surface area contributed by atoms with Gasteiger partial charge in [-0.05, 0) is 72.6 Å². The van der Waals surface area contributed by atoms with Gasteiger partial charge in [0.05, 0.1) is 19.0 Å². The van der Waals surface area contributed by atoms with E-state index in [-0.39, 0.29) is 0 Å². The van der Waals surface area contributed by atoms with Crippen LogP contribution in [0.4, 0.5) is 0 Å². The van der Waals surface area contributed by atoms with Crippen LogP contribution in [0.15, 0.2) is 54.7 Å². The second-order valence-electron chi connectivity index (χ2n) is 9.70. The Morgan fingerprint density at radius 3 is 2.42 bits per heavy atom. The first-order valence-electron chi connectivity index (χ1n) is 11.7. The molecule has 0 saturated carbocycles. The van der Waals surface area contributed by atoms with Crippen molar-refractivity contribution in [3.05, 3.63) is 71.0 Å². The molecule has 2 aromatic carbocycles. The third-order valence-corrected chi connectivity index (χ3v) is 7.82. The highest BCUT2D eigenvalue weighted by atomic mass is 35.5. The molecule has 4 nitrogen and oxygen atoms in total. The highest BCUT2D eigenvalue weighted by Gasteiger charge is 2.34. The van der Waals surface area contributed by atoms with Gasteiger partial charge >= 0.3 is 0 Å². The van der Waals surface area contributed by atoms with Gasteiger partial charge in [0.2, 0.25) is 0 Å². The number of methoxy groups -OCH3 is 1. The van der Waals surface area contributed by atoms with E-state index >= 15 is 0 Å². The van der Waals surface area contributed by atoms with Gasteiger partial charge in [-0.15, -0.1) is 0 Å². The zero-order valence-electron chi connectivity index (χ0n) is 19.7. The van der Waals surface area contributed by atoms with E-state index in [9.17, 15) is 0 Å². The summed E-state index contributed by atoms with van der Waals surface area (Å²) in [6.07, 6.45) is 6.31. The van der Waals surface area contributed by atoms with Crippen molar-refractivity contribution in [3.8, 4) is 28.1 Å². The molecule has 1 atom stereocenters. The van der Waals surface area contributed by atoms with Gasteiger partial charge in [0.1, 0.15) is 5.75 Å². The molecule has 1 unspecified atom stereocenters. The van der Waals surface area contributed by atoms with Crippen LogP contribution in [0.1, 0.15) is 44.9 Å². The van der Waals surface area contributed by atoms with Gasteiger partial charge in [-0.3, -0.25) is 0 Å². The average Bonchev–Trinajstić information content (AvgIpc) is 3.28. The number of rotatable bonds is 5. The summed E-state index contributed by atoms with van der Waals surface area (Å²) in [5.74, 6) is 1.47. The molecule has 33 heavy (non-hydrogen) atoms. The average molecular weight is 460 g/mol. The first-order valence-corrected chi connectivity index (χ1v) is 12.1. The second kappa shape index (κ2) is 8.49. The van der Waals surface area contributed by atoms with E-state index in [1.54, 1.807) is 7.11 Å². The number of hydrogen-bond acceptors (Lipinski definition) is 3. The van der Waals surface area contributed by atoms with E-state index in [1.807, 2.05) is 42.6 Å². The quantitative estimate of drug-likeness (QED) is 0.315. The minimum absolute atomic E-state index is 0.294. The Hall–Kier alpha value is -2.85. The Balaban J connectivity index is 1.71. The van der Waals surface area contributed by atoms with Crippen molar-refractivity contribution in [1.82, 2.24) is 14.6 Å². The summed E-state index contributed by atoms with van der Waals surface area (Å²) in [5, 5.41) is 5.53. The molecule has 0 N–H and O–H groups in total. The molecule has 0 spiro atoms. The Labute approximate surface area is 200 Å². The van der Waals surface area contributed by atoms with Crippen molar-refractivity contribution >= 4 is 17.2 Å². The molecule has 1 aliphatic rings. The van der Waals surface area contributed by atoms with Crippen molar-refractivity contribution in [3.63, 3.8) is 0 Å². The lowest BCUT2D eigenvalue weighted by Gasteiger charge is -2.37. The first-order chi connectivity index (χ1) is 15.9. The van der Waals surface area contributed by atoms with Crippen LogP contribution in [-0.2, 0) is 12.8 Å². The fourth-order valence-corrected chi connectivity index (χ4v) is 5.12. The molecule has 5 rings (SSSR count). The third kappa shape index (κ3) is 3.91. The molecular weight excluding hydrogens is 430 g/mol. The maximum atomic E-state index is 6.13. The summed E-state index contributed by atoms with van der Waals surface area (Å²) in [6.45, 7) is 7.09. The Kier molecular flexibility index (Phi) is 5.65. The van der Waals surface area contributed by atoms with Crippen LogP contribution in [0, 0.1) is 11.3 Å². The van der Waals surface area contributed by atoms with Gasteiger partial charge in [-0.2, -0.15) is 5.10 Å². The normalized spacial score (nSPS) is 16.1. The van der Waals surface area contributed by atoms with Crippen molar-refractivity contribution in [2.24, 2.45) is 11.3 Å². The smallest absolute Gasteiger partial charge is 0.163 e. The lowest BCUT2D eigenvalue weighted by molar-refractivity contribution is 0.181. The first kappa shape index (κ1) is 22.0. The number of hydrogen-bond donors (Lipinski definition) is 0. The number of halogens is 1. The summed E-state index contributed by atoms with van der Waals surface area (Å²) < 4.78 is 7.46. The van der Waals surface area contributed by atoms with Crippen LogP contribution >= 0.6 is 11.6 Å². The monoisotopic (exact) mass is 459 g/mol. The minimum Gasteiger partial charge on any atom is -0.497 e. The molecule has 0 bridgehead atoms. The molecule has 2 heterocycles. The van der Waals surface area contributed by atoms with Crippen LogP contribution in [0.25, 0.3) is 28.0 Å². The van der Waals surface area contributed by atoms with Gasteiger partial charge in [-0.1, -0.05) is 50.9 Å². The highest BCUT2D eigenvalue weighted by molar-refractivity contribution is 6.30. The SMILES string of the molecule is CCC(C)(C)C1CCc2c(c(-c3ccc(OC)cc3)nc3c(-c4ccc(Cl)cc4)cnn23)C1. The van der Waals surface area contributed by atoms with Gasteiger partial charge in [-0.25, -0.2) is 9.50 Å². The molecule has 0 amide bonds. The van der Waals surface area contributed by atoms with Crippen molar-refractivity contribution < 1.29 is 4.74 Å². The van der Waals surface area contributed by atoms with Crippen molar-refractivity contribution in [2.75, 3.05) is 7.11 Å². The zero-order chi connectivity index (χ0) is 23.2. The van der Waals surface area contributed by atoms with Crippen molar-refractivity contribution in [1.29, 1.82) is 0 Å². The van der Waals surface area contributed by atoms with E-state index in [1.165, 1.54) is 24.1 Å². The molecule has 0 saturated heterocycles.